The Labute approximate surface area is 169 Å². The Bertz CT molecular complexity index is 1030. The first-order chi connectivity index (χ1) is 14.1. The quantitative estimate of drug-likeness (QED) is 0.542. The summed E-state index contributed by atoms with van der Waals surface area (Å²) in [5, 5.41) is 3.42. The number of pyridine rings is 2. The Balaban J connectivity index is 1.86. The van der Waals surface area contributed by atoms with Gasteiger partial charge in [-0.05, 0) is 36.8 Å². The van der Waals surface area contributed by atoms with Crippen LogP contribution < -0.4 is 20.3 Å². The van der Waals surface area contributed by atoms with Crippen LogP contribution in [-0.2, 0) is 6.54 Å². The maximum absolute atomic E-state index is 12.6. The summed E-state index contributed by atoms with van der Waals surface area (Å²) in [6.07, 6.45) is 4.71. The molecule has 2 N–H and O–H groups in total. The molecule has 0 bridgehead atoms. The van der Waals surface area contributed by atoms with E-state index in [9.17, 15) is 9.59 Å². The number of unbranched alkanes of at least 4 members (excludes halogenated alkanes) is 2. The van der Waals surface area contributed by atoms with E-state index in [-0.39, 0.29) is 12.1 Å². The van der Waals surface area contributed by atoms with Gasteiger partial charge in [0.15, 0.2) is 11.5 Å². The second kappa shape index (κ2) is 9.73. The van der Waals surface area contributed by atoms with E-state index >= 15 is 0 Å². The van der Waals surface area contributed by atoms with E-state index in [1.54, 1.807) is 43.6 Å². The third-order valence-electron chi connectivity index (χ3n) is 4.55. The SMILES string of the molecule is CCCCCOc1c(OC)ccc2cc(C(=O)NCc3ccccn3)c(=O)[nH]c12. The number of nitrogens with one attached hydrogen (secondary N) is 2. The van der Waals surface area contributed by atoms with Gasteiger partial charge in [0.2, 0.25) is 0 Å². The van der Waals surface area contributed by atoms with Crippen molar-refractivity contribution in [2.45, 2.75) is 32.7 Å². The summed E-state index contributed by atoms with van der Waals surface area (Å²) in [5.41, 5.74) is 0.788. The van der Waals surface area contributed by atoms with E-state index in [2.05, 4.69) is 22.2 Å². The number of H-pyrrole nitrogens is 1. The fourth-order valence-corrected chi connectivity index (χ4v) is 3.00. The first-order valence-electron chi connectivity index (χ1n) is 9.69. The van der Waals surface area contributed by atoms with Crippen LogP contribution in [-0.4, -0.2) is 29.6 Å². The van der Waals surface area contributed by atoms with Crippen LogP contribution in [0.4, 0.5) is 0 Å². The van der Waals surface area contributed by atoms with Crippen LogP contribution in [0.3, 0.4) is 0 Å². The maximum atomic E-state index is 12.6. The molecule has 0 saturated carbocycles. The van der Waals surface area contributed by atoms with Crippen LogP contribution in [0.2, 0.25) is 0 Å². The molecular formula is C22H25N3O4. The fraction of sp³-hybridized carbons (Fsp3) is 0.318. The molecule has 29 heavy (non-hydrogen) atoms. The van der Waals surface area contributed by atoms with E-state index < -0.39 is 11.5 Å². The number of hydrogen-bond acceptors (Lipinski definition) is 5. The summed E-state index contributed by atoms with van der Waals surface area (Å²) in [4.78, 5) is 32.0. The van der Waals surface area contributed by atoms with Gasteiger partial charge >= 0.3 is 0 Å². The summed E-state index contributed by atoms with van der Waals surface area (Å²) < 4.78 is 11.3. The van der Waals surface area contributed by atoms with Crippen molar-refractivity contribution in [1.82, 2.24) is 15.3 Å². The molecule has 0 atom stereocenters. The van der Waals surface area contributed by atoms with Crippen molar-refractivity contribution in [2.75, 3.05) is 13.7 Å². The number of nitrogens with zero attached hydrogens (tertiary/aromatic N) is 1. The van der Waals surface area contributed by atoms with Crippen LogP contribution >= 0.6 is 0 Å². The lowest BCUT2D eigenvalue weighted by atomic mass is 10.1. The molecule has 3 rings (SSSR count). The van der Waals surface area contributed by atoms with Gasteiger partial charge in [-0.3, -0.25) is 14.6 Å². The third kappa shape index (κ3) is 4.93. The molecule has 0 fully saturated rings. The molecule has 0 radical (unpaired) electrons. The maximum Gasteiger partial charge on any atom is 0.261 e. The molecule has 0 aliphatic rings. The predicted molar refractivity (Wildman–Crippen MR) is 112 cm³/mol. The highest BCUT2D eigenvalue weighted by Crippen LogP contribution is 2.34. The average Bonchev–Trinajstić information content (AvgIpc) is 2.75. The number of benzene rings is 1. The largest absolute Gasteiger partial charge is 0.493 e. The van der Waals surface area contributed by atoms with Crippen LogP contribution in [0.25, 0.3) is 10.9 Å². The lowest BCUT2D eigenvalue weighted by Crippen LogP contribution is -2.29. The summed E-state index contributed by atoms with van der Waals surface area (Å²) in [6.45, 7) is 2.89. The molecule has 2 aromatic heterocycles. The van der Waals surface area contributed by atoms with Gasteiger partial charge in [0.25, 0.3) is 11.5 Å². The lowest BCUT2D eigenvalue weighted by molar-refractivity contribution is 0.0949. The summed E-state index contributed by atoms with van der Waals surface area (Å²) in [6, 6.07) is 10.6. The molecule has 152 valence electrons. The average molecular weight is 395 g/mol. The Hall–Kier alpha value is -3.35. The lowest BCUT2D eigenvalue weighted by Gasteiger charge is -2.14. The van der Waals surface area contributed by atoms with E-state index in [1.165, 1.54) is 0 Å². The predicted octanol–water partition coefficient (Wildman–Crippen LogP) is 3.43. The highest BCUT2D eigenvalue weighted by molar-refractivity contribution is 5.98. The smallest absolute Gasteiger partial charge is 0.261 e. The van der Waals surface area contributed by atoms with Gasteiger partial charge in [0.1, 0.15) is 5.56 Å². The molecule has 7 nitrogen and oxygen atoms in total. The molecule has 7 heteroatoms. The Morgan fingerprint density at radius 3 is 2.79 bits per heavy atom. The van der Waals surface area contributed by atoms with Gasteiger partial charge in [0.05, 0.1) is 31.5 Å². The van der Waals surface area contributed by atoms with E-state index in [0.29, 0.717) is 34.7 Å². The number of aromatic amines is 1. The van der Waals surface area contributed by atoms with Crippen molar-refractivity contribution in [3.05, 3.63) is 64.2 Å². The van der Waals surface area contributed by atoms with Gasteiger partial charge < -0.3 is 19.8 Å². The molecule has 3 aromatic rings. The van der Waals surface area contributed by atoms with Crippen LogP contribution in [0, 0.1) is 0 Å². The third-order valence-corrected chi connectivity index (χ3v) is 4.55. The fourth-order valence-electron chi connectivity index (χ4n) is 3.00. The molecule has 0 spiro atoms. The minimum atomic E-state index is -0.484. The number of amides is 1. The van der Waals surface area contributed by atoms with Gasteiger partial charge in [-0.25, -0.2) is 0 Å². The topological polar surface area (TPSA) is 93.3 Å². The first kappa shape index (κ1) is 20.4. The summed E-state index contributed by atoms with van der Waals surface area (Å²) in [5.74, 6) is 0.565. The van der Waals surface area contributed by atoms with Crippen molar-refractivity contribution >= 4 is 16.8 Å². The first-order valence-corrected chi connectivity index (χ1v) is 9.69. The molecule has 1 amide bonds. The van der Waals surface area contributed by atoms with Crippen LogP contribution in [0.1, 0.15) is 42.2 Å². The minimum absolute atomic E-state index is 0.0375. The summed E-state index contributed by atoms with van der Waals surface area (Å²) >= 11 is 0. The number of methoxy groups -OCH3 is 1. The van der Waals surface area contributed by atoms with Gasteiger partial charge in [-0.15, -0.1) is 0 Å². The Kier molecular flexibility index (Phi) is 6.84. The number of fused-ring (bicyclic) bond motifs is 1. The molecule has 2 heterocycles. The monoisotopic (exact) mass is 395 g/mol. The highest BCUT2D eigenvalue weighted by atomic mass is 16.5. The van der Waals surface area contributed by atoms with E-state index in [0.717, 1.165) is 19.3 Å². The van der Waals surface area contributed by atoms with E-state index in [4.69, 9.17) is 9.47 Å². The molecule has 1 aromatic carbocycles. The second-order valence-electron chi connectivity index (χ2n) is 6.63. The van der Waals surface area contributed by atoms with Gasteiger partial charge in [0, 0.05) is 11.6 Å². The van der Waals surface area contributed by atoms with Crippen molar-refractivity contribution in [2.24, 2.45) is 0 Å². The number of aromatic nitrogens is 2. The Morgan fingerprint density at radius 2 is 2.07 bits per heavy atom. The van der Waals surface area contributed by atoms with Gasteiger partial charge in [-0.1, -0.05) is 25.8 Å². The zero-order chi connectivity index (χ0) is 20.6. The number of carbonyl (C=O) groups excluding carboxylic acids is 1. The number of carbonyl (C=O) groups is 1. The minimum Gasteiger partial charge on any atom is -0.493 e. The molecule has 0 aliphatic carbocycles. The number of ether oxygens (including phenoxy) is 2. The van der Waals surface area contributed by atoms with Crippen LogP contribution in [0.15, 0.2) is 47.4 Å². The Morgan fingerprint density at radius 1 is 1.21 bits per heavy atom. The van der Waals surface area contributed by atoms with Gasteiger partial charge in [-0.2, -0.15) is 0 Å². The number of rotatable bonds is 9. The summed E-state index contributed by atoms with van der Waals surface area (Å²) in [7, 11) is 1.55. The van der Waals surface area contributed by atoms with Crippen LogP contribution in [0.5, 0.6) is 11.5 Å². The van der Waals surface area contributed by atoms with Crippen molar-refractivity contribution in [3.8, 4) is 11.5 Å². The normalized spacial score (nSPS) is 10.7. The molecule has 0 aliphatic heterocycles. The van der Waals surface area contributed by atoms with Crippen molar-refractivity contribution < 1.29 is 14.3 Å². The zero-order valence-corrected chi connectivity index (χ0v) is 16.7. The second-order valence-corrected chi connectivity index (χ2v) is 6.63. The highest BCUT2D eigenvalue weighted by Gasteiger charge is 2.16. The number of hydrogen-bond donors (Lipinski definition) is 2. The standard InChI is InChI=1S/C22H25N3O4/c1-3-4-7-12-29-20-18(28-2)10-9-15-13-17(22(27)25-19(15)20)21(26)24-14-16-8-5-6-11-23-16/h5-6,8-11,13H,3-4,7,12,14H2,1-2H3,(H,24,26)(H,25,27). The zero-order valence-electron chi connectivity index (χ0n) is 16.7. The molecule has 0 unspecified atom stereocenters. The molecular weight excluding hydrogens is 370 g/mol. The van der Waals surface area contributed by atoms with Crippen molar-refractivity contribution in [3.63, 3.8) is 0 Å². The van der Waals surface area contributed by atoms with Crippen molar-refractivity contribution in [1.29, 1.82) is 0 Å². The molecule has 0 saturated heterocycles. The van der Waals surface area contributed by atoms with E-state index in [1.807, 2.05) is 6.07 Å².